The number of benzene rings is 2. The molecule has 0 aliphatic heterocycles. The van der Waals surface area contributed by atoms with Gasteiger partial charge in [0.2, 0.25) is 0 Å². The van der Waals surface area contributed by atoms with Crippen molar-refractivity contribution in [3.8, 4) is 11.3 Å². The normalized spacial score (nSPS) is 12.3. The predicted octanol–water partition coefficient (Wildman–Crippen LogP) is 6.00. The zero-order chi connectivity index (χ0) is 18.6. The van der Waals surface area contributed by atoms with E-state index in [1.165, 1.54) is 11.1 Å². The SMILES string of the molecule is CC(C)(C)c1ccccc1-c1nc2ccccc2c2nc3ccccn3c12. The van der Waals surface area contributed by atoms with Crippen molar-refractivity contribution in [1.82, 2.24) is 14.4 Å². The molecule has 0 atom stereocenters. The summed E-state index contributed by atoms with van der Waals surface area (Å²) in [6.45, 7) is 6.75. The molecule has 0 aliphatic rings. The van der Waals surface area contributed by atoms with Crippen LogP contribution in [0.25, 0.3) is 38.8 Å². The van der Waals surface area contributed by atoms with Gasteiger partial charge in [0.1, 0.15) is 11.2 Å². The number of nitrogens with zero attached hydrogens (tertiary/aromatic N) is 3. The molecular formula is C24H21N3. The monoisotopic (exact) mass is 351 g/mol. The number of fused-ring (bicyclic) bond motifs is 5. The molecule has 3 heterocycles. The van der Waals surface area contributed by atoms with Gasteiger partial charge >= 0.3 is 0 Å². The number of rotatable bonds is 1. The topological polar surface area (TPSA) is 30.2 Å². The average molecular weight is 351 g/mol. The van der Waals surface area contributed by atoms with E-state index >= 15 is 0 Å². The van der Waals surface area contributed by atoms with Crippen LogP contribution in [0.3, 0.4) is 0 Å². The third kappa shape index (κ3) is 2.42. The lowest BCUT2D eigenvalue weighted by atomic mass is 9.82. The first-order valence-corrected chi connectivity index (χ1v) is 9.29. The Morgan fingerprint density at radius 3 is 2.37 bits per heavy atom. The van der Waals surface area contributed by atoms with E-state index in [0.717, 1.165) is 33.3 Å². The molecule has 0 saturated heterocycles. The van der Waals surface area contributed by atoms with Crippen molar-refractivity contribution in [1.29, 1.82) is 0 Å². The highest BCUT2D eigenvalue weighted by molar-refractivity contribution is 6.09. The van der Waals surface area contributed by atoms with E-state index < -0.39 is 0 Å². The van der Waals surface area contributed by atoms with Crippen molar-refractivity contribution in [3.63, 3.8) is 0 Å². The second-order valence-corrected chi connectivity index (χ2v) is 8.01. The minimum Gasteiger partial charge on any atom is -0.298 e. The van der Waals surface area contributed by atoms with Crippen LogP contribution < -0.4 is 0 Å². The van der Waals surface area contributed by atoms with Gasteiger partial charge in [-0.3, -0.25) is 4.40 Å². The Bertz CT molecular complexity index is 1310. The van der Waals surface area contributed by atoms with E-state index in [-0.39, 0.29) is 5.41 Å². The summed E-state index contributed by atoms with van der Waals surface area (Å²) in [6.07, 6.45) is 2.07. The summed E-state index contributed by atoms with van der Waals surface area (Å²) in [6, 6.07) is 23.0. The van der Waals surface area contributed by atoms with Crippen molar-refractivity contribution in [2.24, 2.45) is 0 Å². The Balaban J connectivity index is 2.01. The quantitative estimate of drug-likeness (QED) is 0.371. The summed E-state index contributed by atoms with van der Waals surface area (Å²) >= 11 is 0. The van der Waals surface area contributed by atoms with Crippen molar-refractivity contribution in [3.05, 3.63) is 78.5 Å². The molecular weight excluding hydrogens is 330 g/mol. The summed E-state index contributed by atoms with van der Waals surface area (Å²) in [5.74, 6) is 0. The van der Waals surface area contributed by atoms with Gasteiger partial charge in [-0.05, 0) is 29.2 Å². The molecule has 3 nitrogen and oxygen atoms in total. The molecule has 0 spiro atoms. The van der Waals surface area contributed by atoms with Crippen LogP contribution in [0.15, 0.2) is 72.9 Å². The van der Waals surface area contributed by atoms with Gasteiger partial charge in [-0.15, -0.1) is 0 Å². The lowest BCUT2D eigenvalue weighted by molar-refractivity contribution is 0.592. The van der Waals surface area contributed by atoms with Crippen LogP contribution in [0.4, 0.5) is 0 Å². The summed E-state index contributed by atoms with van der Waals surface area (Å²) in [5.41, 5.74) is 7.48. The Labute approximate surface area is 158 Å². The van der Waals surface area contributed by atoms with Gasteiger partial charge in [0.25, 0.3) is 0 Å². The molecule has 0 radical (unpaired) electrons. The van der Waals surface area contributed by atoms with Crippen molar-refractivity contribution in [2.75, 3.05) is 0 Å². The minimum atomic E-state index is 0.0245. The molecule has 3 heteroatoms. The number of aromatic nitrogens is 3. The number of hydrogen-bond acceptors (Lipinski definition) is 2. The molecule has 3 aromatic heterocycles. The van der Waals surface area contributed by atoms with E-state index in [4.69, 9.17) is 9.97 Å². The number of hydrogen-bond donors (Lipinski definition) is 0. The Kier molecular flexibility index (Phi) is 3.35. The molecule has 5 aromatic rings. The zero-order valence-electron chi connectivity index (χ0n) is 15.8. The molecule has 0 unspecified atom stereocenters. The van der Waals surface area contributed by atoms with E-state index in [9.17, 15) is 0 Å². The fourth-order valence-electron chi connectivity index (χ4n) is 3.89. The van der Waals surface area contributed by atoms with Gasteiger partial charge in [0, 0.05) is 17.1 Å². The summed E-state index contributed by atoms with van der Waals surface area (Å²) in [4.78, 5) is 10.1. The average Bonchev–Trinajstić information content (AvgIpc) is 3.07. The van der Waals surface area contributed by atoms with Gasteiger partial charge in [-0.1, -0.05) is 69.3 Å². The highest BCUT2D eigenvalue weighted by Crippen LogP contribution is 2.37. The summed E-state index contributed by atoms with van der Waals surface area (Å²) in [7, 11) is 0. The Hall–Kier alpha value is -3.20. The maximum absolute atomic E-state index is 5.11. The van der Waals surface area contributed by atoms with Crippen LogP contribution in [0.5, 0.6) is 0 Å². The molecule has 0 N–H and O–H groups in total. The lowest BCUT2D eigenvalue weighted by Gasteiger charge is -2.23. The fraction of sp³-hybridized carbons (Fsp3) is 0.167. The van der Waals surface area contributed by atoms with E-state index in [2.05, 4.69) is 73.8 Å². The minimum absolute atomic E-state index is 0.0245. The van der Waals surface area contributed by atoms with Crippen LogP contribution in [0, 0.1) is 0 Å². The highest BCUT2D eigenvalue weighted by Gasteiger charge is 2.22. The van der Waals surface area contributed by atoms with Crippen LogP contribution in [-0.4, -0.2) is 14.4 Å². The Morgan fingerprint density at radius 2 is 1.52 bits per heavy atom. The third-order valence-corrected chi connectivity index (χ3v) is 5.14. The first-order chi connectivity index (χ1) is 13.0. The molecule has 5 rings (SSSR count). The van der Waals surface area contributed by atoms with Gasteiger partial charge in [-0.2, -0.15) is 0 Å². The predicted molar refractivity (Wildman–Crippen MR) is 112 cm³/mol. The zero-order valence-corrected chi connectivity index (χ0v) is 15.8. The molecule has 0 saturated carbocycles. The van der Waals surface area contributed by atoms with Crippen LogP contribution in [-0.2, 0) is 5.41 Å². The fourth-order valence-corrected chi connectivity index (χ4v) is 3.89. The molecule has 132 valence electrons. The van der Waals surface area contributed by atoms with Crippen LogP contribution in [0.1, 0.15) is 26.3 Å². The van der Waals surface area contributed by atoms with Gasteiger partial charge in [-0.25, -0.2) is 9.97 Å². The van der Waals surface area contributed by atoms with Gasteiger partial charge in [0.15, 0.2) is 0 Å². The molecule has 2 aromatic carbocycles. The second kappa shape index (κ2) is 5.65. The summed E-state index contributed by atoms with van der Waals surface area (Å²) in [5, 5.41) is 1.09. The van der Waals surface area contributed by atoms with Gasteiger partial charge < -0.3 is 0 Å². The third-order valence-electron chi connectivity index (χ3n) is 5.14. The maximum atomic E-state index is 5.11. The van der Waals surface area contributed by atoms with E-state index in [1.807, 2.05) is 24.3 Å². The first kappa shape index (κ1) is 16.0. The van der Waals surface area contributed by atoms with Gasteiger partial charge in [0.05, 0.1) is 16.7 Å². The van der Waals surface area contributed by atoms with Crippen molar-refractivity contribution in [2.45, 2.75) is 26.2 Å². The lowest BCUT2D eigenvalue weighted by Crippen LogP contribution is -2.13. The van der Waals surface area contributed by atoms with Crippen LogP contribution in [0.2, 0.25) is 0 Å². The van der Waals surface area contributed by atoms with Crippen molar-refractivity contribution >= 4 is 27.6 Å². The highest BCUT2D eigenvalue weighted by atomic mass is 15.0. The molecule has 0 bridgehead atoms. The van der Waals surface area contributed by atoms with Crippen molar-refractivity contribution < 1.29 is 0 Å². The molecule has 0 fully saturated rings. The molecule has 0 amide bonds. The molecule has 27 heavy (non-hydrogen) atoms. The second-order valence-electron chi connectivity index (χ2n) is 8.01. The van der Waals surface area contributed by atoms with E-state index in [0.29, 0.717) is 0 Å². The number of imidazole rings is 1. The van der Waals surface area contributed by atoms with Crippen LogP contribution >= 0.6 is 0 Å². The standard InChI is InChI=1S/C24H21N3/c1-24(2,3)18-12-6-4-10-16(18)21-23-22(17-11-5-7-13-19(17)25-21)26-20-14-8-9-15-27(20)23/h4-15H,1-3H3. The smallest absolute Gasteiger partial charge is 0.137 e. The summed E-state index contributed by atoms with van der Waals surface area (Å²) < 4.78 is 2.16. The molecule has 0 aliphatic carbocycles. The van der Waals surface area contributed by atoms with E-state index in [1.54, 1.807) is 0 Å². The number of pyridine rings is 2. The first-order valence-electron chi connectivity index (χ1n) is 9.29. The maximum Gasteiger partial charge on any atom is 0.137 e. The number of para-hydroxylation sites is 1. The Morgan fingerprint density at radius 1 is 0.778 bits per heavy atom. The largest absolute Gasteiger partial charge is 0.298 e.